The van der Waals surface area contributed by atoms with Crippen molar-refractivity contribution in [1.82, 2.24) is 14.6 Å². The van der Waals surface area contributed by atoms with E-state index in [2.05, 4.69) is 29.3 Å². The molecule has 0 bridgehead atoms. The Balaban J connectivity index is 1.67. The molecule has 6 nitrogen and oxygen atoms in total. The van der Waals surface area contributed by atoms with Crippen molar-refractivity contribution in [3.63, 3.8) is 0 Å². The highest BCUT2D eigenvalue weighted by Gasteiger charge is 2.29. The maximum Gasteiger partial charge on any atom is 0.158 e. The van der Waals surface area contributed by atoms with Gasteiger partial charge in [0.05, 0.1) is 19.9 Å². The molecule has 0 unspecified atom stereocenters. The van der Waals surface area contributed by atoms with Crippen molar-refractivity contribution in [3.8, 4) is 22.8 Å². The number of methoxy groups -OCH3 is 2. The quantitative estimate of drug-likeness (QED) is 0.643. The average Bonchev–Trinajstić information content (AvgIpc) is 3.37. The number of nitrogens with zero attached hydrogens (tertiary/aromatic N) is 4. The number of ether oxygens (including phenoxy) is 2. The monoisotopic (exact) mass is 406 g/mol. The van der Waals surface area contributed by atoms with Gasteiger partial charge in [-0.2, -0.15) is 9.61 Å². The Labute approximate surface area is 177 Å². The Kier molecular flexibility index (Phi) is 4.80. The molecule has 2 aromatic heterocycles. The van der Waals surface area contributed by atoms with E-state index in [4.69, 9.17) is 19.6 Å². The van der Waals surface area contributed by atoms with Gasteiger partial charge in [-0.05, 0) is 49.7 Å². The number of hydrogen-bond acceptors (Lipinski definition) is 5. The van der Waals surface area contributed by atoms with Gasteiger partial charge in [0.2, 0.25) is 0 Å². The second-order valence-corrected chi connectivity index (χ2v) is 8.97. The minimum Gasteiger partial charge on any atom is -0.497 e. The summed E-state index contributed by atoms with van der Waals surface area (Å²) < 4.78 is 13.0. The van der Waals surface area contributed by atoms with Gasteiger partial charge in [0.15, 0.2) is 5.65 Å². The molecule has 1 aliphatic carbocycles. The minimum atomic E-state index is 0.687. The van der Waals surface area contributed by atoms with Gasteiger partial charge < -0.3 is 14.4 Å². The van der Waals surface area contributed by atoms with E-state index in [0.717, 1.165) is 54.3 Å². The highest BCUT2D eigenvalue weighted by atomic mass is 16.5. The molecule has 2 atom stereocenters. The van der Waals surface area contributed by atoms with Crippen molar-refractivity contribution in [3.05, 3.63) is 35.5 Å². The van der Waals surface area contributed by atoms with Gasteiger partial charge in [-0.15, -0.1) is 0 Å². The molecule has 6 heteroatoms. The zero-order valence-corrected chi connectivity index (χ0v) is 18.3. The van der Waals surface area contributed by atoms with Crippen LogP contribution in [0.1, 0.15) is 37.9 Å². The highest BCUT2D eigenvalue weighted by molar-refractivity contribution is 5.70. The fourth-order valence-corrected chi connectivity index (χ4v) is 5.22. The Hall–Kier alpha value is -2.76. The minimum absolute atomic E-state index is 0.687. The van der Waals surface area contributed by atoms with Crippen molar-refractivity contribution in [1.29, 1.82) is 0 Å². The molecular formula is C24H30N4O2. The summed E-state index contributed by atoms with van der Waals surface area (Å²) in [6.07, 6.45) is 4.63. The van der Waals surface area contributed by atoms with Gasteiger partial charge in [-0.25, -0.2) is 4.98 Å². The van der Waals surface area contributed by atoms with Crippen LogP contribution in [0.25, 0.3) is 16.9 Å². The summed E-state index contributed by atoms with van der Waals surface area (Å²) in [6, 6.07) is 7.98. The van der Waals surface area contributed by atoms with Gasteiger partial charge in [0.25, 0.3) is 0 Å². The molecule has 30 heavy (non-hydrogen) atoms. The topological polar surface area (TPSA) is 51.9 Å². The lowest BCUT2D eigenvalue weighted by molar-refractivity contribution is 0.353. The van der Waals surface area contributed by atoms with E-state index in [1.165, 1.54) is 29.9 Å². The van der Waals surface area contributed by atoms with Crippen molar-refractivity contribution >= 4 is 11.5 Å². The Bertz CT molecular complexity index is 1060. The van der Waals surface area contributed by atoms with Gasteiger partial charge >= 0.3 is 0 Å². The summed E-state index contributed by atoms with van der Waals surface area (Å²) in [7, 11) is 3.34. The SMILES string of the molecule is COc1cc(OC)cc(-c2cc3nc4c(c(N5C[C@@H](C)C[C@H](C)C5)n3n2)CCC4)c1. The van der Waals surface area contributed by atoms with E-state index in [0.29, 0.717) is 11.8 Å². The molecule has 1 aliphatic heterocycles. The molecule has 2 aliphatic rings. The predicted octanol–water partition coefficient (Wildman–Crippen LogP) is 4.38. The van der Waals surface area contributed by atoms with E-state index >= 15 is 0 Å². The normalized spacial score (nSPS) is 21.1. The lowest BCUT2D eigenvalue weighted by atomic mass is 9.91. The van der Waals surface area contributed by atoms with Gasteiger partial charge in [-0.3, -0.25) is 0 Å². The first kappa shape index (κ1) is 19.2. The van der Waals surface area contributed by atoms with Crippen LogP contribution in [-0.4, -0.2) is 41.9 Å². The van der Waals surface area contributed by atoms with E-state index < -0.39 is 0 Å². The Morgan fingerprint density at radius 2 is 1.63 bits per heavy atom. The Morgan fingerprint density at radius 1 is 0.933 bits per heavy atom. The molecule has 1 fully saturated rings. The van der Waals surface area contributed by atoms with Gasteiger partial charge in [0.1, 0.15) is 17.3 Å². The maximum absolute atomic E-state index is 5.46. The second-order valence-electron chi connectivity index (χ2n) is 8.97. The van der Waals surface area contributed by atoms with E-state index in [-0.39, 0.29) is 0 Å². The smallest absolute Gasteiger partial charge is 0.158 e. The molecule has 0 radical (unpaired) electrons. The third-order valence-electron chi connectivity index (χ3n) is 6.41. The van der Waals surface area contributed by atoms with Crippen LogP contribution in [0.5, 0.6) is 11.5 Å². The first-order valence-corrected chi connectivity index (χ1v) is 11.0. The summed E-state index contributed by atoms with van der Waals surface area (Å²) in [5, 5.41) is 5.04. The lowest BCUT2D eigenvalue weighted by Gasteiger charge is -2.37. The number of anilines is 1. The number of rotatable bonds is 4. The van der Waals surface area contributed by atoms with E-state index in [1.807, 2.05) is 18.2 Å². The third kappa shape index (κ3) is 3.28. The molecule has 158 valence electrons. The van der Waals surface area contributed by atoms with E-state index in [1.54, 1.807) is 14.2 Å². The highest BCUT2D eigenvalue weighted by Crippen LogP contribution is 2.36. The summed E-state index contributed by atoms with van der Waals surface area (Å²) in [5.74, 6) is 4.15. The molecular weight excluding hydrogens is 376 g/mol. The van der Waals surface area contributed by atoms with E-state index in [9.17, 15) is 0 Å². The van der Waals surface area contributed by atoms with Gasteiger partial charge in [0, 0.05) is 42.0 Å². The van der Waals surface area contributed by atoms with Crippen LogP contribution in [0.2, 0.25) is 0 Å². The van der Waals surface area contributed by atoms with Crippen LogP contribution in [-0.2, 0) is 12.8 Å². The number of benzene rings is 1. The number of aromatic nitrogens is 3. The van der Waals surface area contributed by atoms with Gasteiger partial charge in [-0.1, -0.05) is 13.8 Å². The molecule has 1 aromatic carbocycles. The van der Waals surface area contributed by atoms with Crippen LogP contribution in [0.4, 0.5) is 5.82 Å². The predicted molar refractivity (Wildman–Crippen MR) is 119 cm³/mol. The molecule has 3 aromatic rings. The van der Waals surface area contributed by atoms with Crippen LogP contribution >= 0.6 is 0 Å². The fourth-order valence-electron chi connectivity index (χ4n) is 5.22. The lowest BCUT2D eigenvalue weighted by Crippen LogP contribution is -2.40. The van der Waals surface area contributed by atoms with Crippen molar-refractivity contribution in [2.45, 2.75) is 39.5 Å². The molecule has 0 spiro atoms. The molecule has 0 saturated carbocycles. The number of aryl methyl sites for hydroxylation is 1. The second kappa shape index (κ2) is 7.49. The number of piperidine rings is 1. The standard InChI is InChI=1S/C24H30N4O2/c1-15-8-16(2)14-27(13-15)24-20-6-5-7-21(20)25-23-12-22(26-28(23)24)17-9-18(29-3)11-19(10-17)30-4/h9-12,15-16H,5-8,13-14H2,1-4H3/t15-,16-/m0/s1. The molecule has 1 saturated heterocycles. The number of fused-ring (bicyclic) bond motifs is 2. The average molecular weight is 407 g/mol. The van der Waals surface area contributed by atoms with Crippen LogP contribution in [0.3, 0.4) is 0 Å². The van der Waals surface area contributed by atoms with Crippen LogP contribution < -0.4 is 14.4 Å². The van der Waals surface area contributed by atoms with Crippen LogP contribution in [0.15, 0.2) is 24.3 Å². The third-order valence-corrected chi connectivity index (χ3v) is 6.41. The van der Waals surface area contributed by atoms with Crippen LogP contribution in [0, 0.1) is 11.8 Å². The summed E-state index contributed by atoms with van der Waals surface area (Å²) in [6.45, 7) is 6.88. The van der Waals surface area contributed by atoms with Crippen molar-refractivity contribution < 1.29 is 9.47 Å². The fraction of sp³-hybridized carbons (Fsp3) is 0.500. The summed E-state index contributed by atoms with van der Waals surface area (Å²) >= 11 is 0. The zero-order chi connectivity index (χ0) is 20.8. The zero-order valence-electron chi connectivity index (χ0n) is 18.3. The first-order chi connectivity index (χ1) is 14.6. The van der Waals surface area contributed by atoms with Crippen molar-refractivity contribution in [2.75, 3.05) is 32.2 Å². The molecule has 0 amide bonds. The Morgan fingerprint density at radius 3 is 2.30 bits per heavy atom. The summed E-state index contributed by atoms with van der Waals surface area (Å²) in [5.41, 5.74) is 5.43. The maximum atomic E-state index is 5.46. The molecule has 0 N–H and O–H groups in total. The summed E-state index contributed by atoms with van der Waals surface area (Å²) in [4.78, 5) is 7.55. The molecule has 5 rings (SSSR count). The van der Waals surface area contributed by atoms with Crippen molar-refractivity contribution in [2.24, 2.45) is 11.8 Å². The molecule has 3 heterocycles. The largest absolute Gasteiger partial charge is 0.497 e. The number of hydrogen-bond donors (Lipinski definition) is 0. The first-order valence-electron chi connectivity index (χ1n) is 11.0.